The fraction of sp³-hybridized carbons (Fsp3) is 0.176. The van der Waals surface area contributed by atoms with Crippen LogP contribution in [0.1, 0.15) is 28.4 Å². The van der Waals surface area contributed by atoms with Crippen molar-refractivity contribution in [3.05, 3.63) is 65.2 Å². The fourth-order valence-corrected chi connectivity index (χ4v) is 2.49. The highest BCUT2D eigenvalue weighted by atomic mass is 16.2. The molecule has 3 heteroatoms. The summed E-state index contributed by atoms with van der Waals surface area (Å²) >= 11 is 0. The molecule has 0 unspecified atom stereocenters. The Bertz CT molecular complexity index is 677. The summed E-state index contributed by atoms with van der Waals surface area (Å²) in [5, 5.41) is 0. The topological polar surface area (TPSA) is 37.4 Å². The Morgan fingerprint density at radius 2 is 1.70 bits per heavy atom. The number of nitrogens with zero attached hydrogens (tertiary/aromatic N) is 1. The molecule has 0 spiro atoms. The van der Waals surface area contributed by atoms with Crippen LogP contribution in [-0.4, -0.2) is 11.7 Å². The molecule has 0 radical (unpaired) electrons. The quantitative estimate of drug-likeness (QED) is 0.800. The molecule has 1 aliphatic heterocycles. The molecule has 0 saturated heterocycles. The maximum atomic E-state index is 12.1. The first-order valence-electron chi connectivity index (χ1n) is 6.73. The number of amides is 1. The van der Waals surface area contributed by atoms with Gasteiger partial charge in [-0.25, -0.2) is 0 Å². The van der Waals surface area contributed by atoms with Crippen LogP contribution in [-0.2, 0) is 17.8 Å². The van der Waals surface area contributed by atoms with Gasteiger partial charge in [0.1, 0.15) is 0 Å². The van der Waals surface area contributed by atoms with Crippen molar-refractivity contribution >= 4 is 17.4 Å². The highest BCUT2D eigenvalue weighted by molar-refractivity contribution is 6.52. The third kappa shape index (κ3) is 2.01. The Hall–Kier alpha value is -2.42. The van der Waals surface area contributed by atoms with E-state index in [0.29, 0.717) is 12.1 Å². The summed E-state index contributed by atoms with van der Waals surface area (Å²) in [7, 11) is 0. The summed E-state index contributed by atoms with van der Waals surface area (Å²) < 4.78 is 0. The number of ketones is 1. The molecule has 1 amide bonds. The van der Waals surface area contributed by atoms with Gasteiger partial charge in [-0.3, -0.25) is 9.59 Å². The smallest absolute Gasteiger partial charge is 0.299 e. The Kier molecular flexibility index (Phi) is 3.11. The van der Waals surface area contributed by atoms with E-state index in [1.54, 1.807) is 4.90 Å². The van der Waals surface area contributed by atoms with E-state index in [9.17, 15) is 9.59 Å². The van der Waals surface area contributed by atoms with Crippen LogP contribution in [0.2, 0.25) is 0 Å². The summed E-state index contributed by atoms with van der Waals surface area (Å²) in [6.07, 6.45) is 0.855. The Morgan fingerprint density at radius 1 is 0.950 bits per heavy atom. The number of anilines is 1. The number of hydrogen-bond donors (Lipinski definition) is 0. The van der Waals surface area contributed by atoms with Crippen molar-refractivity contribution in [2.24, 2.45) is 0 Å². The summed E-state index contributed by atoms with van der Waals surface area (Å²) in [4.78, 5) is 25.8. The molecule has 100 valence electrons. The number of hydrogen-bond acceptors (Lipinski definition) is 2. The normalized spacial score (nSPS) is 13.8. The first kappa shape index (κ1) is 12.6. The number of fused-ring (bicyclic) bond motifs is 1. The van der Waals surface area contributed by atoms with E-state index in [4.69, 9.17) is 0 Å². The maximum absolute atomic E-state index is 12.1. The van der Waals surface area contributed by atoms with Crippen molar-refractivity contribution in [1.29, 1.82) is 0 Å². The molecule has 0 N–H and O–H groups in total. The first-order valence-corrected chi connectivity index (χ1v) is 6.73. The van der Waals surface area contributed by atoms with Crippen molar-refractivity contribution in [2.75, 3.05) is 4.90 Å². The van der Waals surface area contributed by atoms with Gasteiger partial charge in [0.05, 0.1) is 17.8 Å². The van der Waals surface area contributed by atoms with Crippen LogP contribution in [0.5, 0.6) is 0 Å². The molecule has 0 saturated carbocycles. The van der Waals surface area contributed by atoms with Crippen molar-refractivity contribution in [2.45, 2.75) is 19.9 Å². The molecule has 0 atom stereocenters. The Labute approximate surface area is 117 Å². The lowest BCUT2D eigenvalue weighted by Gasteiger charge is -2.16. The van der Waals surface area contributed by atoms with Gasteiger partial charge in [0.2, 0.25) is 0 Å². The second kappa shape index (κ2) is 4.93. The zero-order chi connectivity index (χ0) is 14.1. The lowest BCUT2D eigenvalue weighted by molar-refractivity contribution is -0.114. The number of aryl methyl sites for hydroxylation is 1. The second-order valence-corrected chi connectivity index (χ2v) is 4.91. The Balaban J connectivity index is 1.98. The van der Waals surface area contributed by atoms with E-state index in [2.05, 4.69) is 0 Å². The lowest BCUT2D eigenvalue weighted by atomic mass is 10.1. The summed E-state index contributed by atoms with van der Waals surface area (Å²) in [6.45, 7) is 2.47. The number of carbonyl (C=O) groups excluding carboxylic acids is 2. The third-order valence-electron chi connectivity index (χ3n) is 3.63. The van der Waals surface area contributed by atoms with Gasteiger partial charge >= 0.3 is 0 Å². The molecule has 20 heavy (non-hydrogen) atoms. The van der Waals surface area contributed by atoms with Gasteiger partial charge in [-0.1, -0.05) is 43.3 Å². The maximum Gasteiger partial charge on any atom is 0.299 e. The standard InChI is InChI=1S/C17H15NO2/c1-2-12-8-9-15-14(10-12)16(19)17(20)18(15)11-13-6-4-3-5-7-13/h3-10H,2,11H2,1H3. The highest BCUT2D eigenvalue weighted by Crippen LogP contribution is 2.31. The van der Waals surface area contributed by atoms with Gasteiger partial charge < -0.3 is 4.90 Å². The molecule has 2 aromatic rings. The average molecular weight is 265 g/mol. The minimum Gasteiger partial charge on any atom is -0.300 e. The largest absolute Gasteiger partial charge is 0.300 e. The monoisotopic (exact) mass is 265 g/mol. The lowest BCUT2D eigenvalue weighted by Crippen LogP contribution is -2.29. The molecule has 0 bridgehead atoms. The molecule has 3 nitrogen and oxygen atoms in total. The van der Waals surface area contributed by atoms with Gasteiger partial charge in [-0.2, -0.15) is 0 Å². The van der Waals surface area contributed by atoms with E-state index in [1.807, 2.05) is 55.5 Å². The van der Waals surface area contributed by atoms with Gasteiger partial charge in [-0.05, 0) is 29.7 Å². The SMILES string of the molecule is CCc1ccc2c(c1)C(=O)C(=O)N2Cc1ccccc1. The molecule has 3 rings (SSSR count). The fourth-order valence-electron chi connectivity index (χ4n) is 2.49. The number of rotatable bonds is 3. The van der Waals surface area contributed by atoms with Crippen molar-refractivity contribution in [3.63, 3.8) is 0 Å². The minimum atomic E-state index is -0.433. The van der Waals surface area contributed by atoms with Crippen LogP contribution in [0, 0.1) is 0 Å². The summed E-state index contributed by atoms with van der Waals surface area (Å²) in [5.41, 5.74) is 3.35. The number of Topliss-reactive ketones (excluding diaryl/α,β-unsaturated/α-hetero) is 1. The molecule has 0 fully saturated rings. The third-order valence-corrected chi connectivity index (χ3v) is 3.63. The molecule has 1 aliphatic rings. The van der Waals surface area contributed by atoms with E-state index < -0.39 is 11.7 Å². The van der Waals surface area contributed by atoms with Gasteiger partial charge in [0.15, 0.2) is 0 Å². The number of carbonyl (C=O) groups is 2. The second-order valence-electron chi connectivity index (χ2n) is 4.91. The Morgan fingerprint density at radius 3 is 2.40 bits per heavy atom. The zero-order valence-electron chi connectivity index (χ0n) is 11.3. The predicted molar refractivity (Wildman–Crippen MR) is 77.8 cm³/mol. The predicted octanol–water partition coefficient (Wildman–Crippen LogP) is 2.98. The molecular weight excluding hydrogens is 250 g/mol. The molecular formula is C17H15NO2. The van der Waals surface area contributed by atoms with Crippen LogP contribution in [0.4, 0.5) is 5.69 Å². The van der Waals surface area contributed by atoms with Gasteiger partial charge in [0, 0.05) is 0 Å². The van der Waals surface area contributed by atoms with Crippen LogP contribution >= 0.6 is 0 Å². The van der Waals surface area contributed by atoms with Crippen molar-refractivity contribution < 1.29 is 9.59 Å². The minimum absolute atomic E-state index is 0.397. The van der Waals surface area contributed by atoms with Crippen LogP contribution in [0.25, 0.3) is 0 Å². The molecule has 1 heterocycles. The number of benzene rings is 2. The van der Waals surface area contributed by atoms with Gasteiger partial charge in [-0.15, -0.1) is 0 Å². The molecule has 0 aromatic heterocycles. The van der Waals surface area contributed by atoms with E-state index in [1.165, 1.54) is 0 Å². The van der Waals surface area contributed by atoms with E-state index in [-0.39, 0.29) is 0 Å². The van der Waals surface area contributed by atoms with Crippen molar-refractivity contribution in [3.8, 4) is 0 Å². The average Bonchev–Trinajstić information content (AvgIpc) is 2.73. The van der Waals surface area contributed by atoms with Crippen LogP contribution in [0.3, 0.4) is 0 Å². The molecule has 0 aliphatic carbocycles. The zero-order valence-corrected chi connectivity index (χ0v) is 11.3. The highest BCUT2D eigenvalue weighted by Gasteiger charge is 2.35. The van der Waals surface area contributed by atoms with Gasteiger partial charge in [0.25, 0.3) is 11.7 Å². The van der Waals surface area contributed by atoms with E-state index >= 15 is 0 Å². The summed E-state index contributed by atoms with van der Waals surface area (Å²) in [5.74, 6) is -0.830. The van der Waals surface area contributed by atoms with Crippen molar-refractivity contribution in [1.82, 2.24) is 0 Å². The molecule has 2 aromatic carbocycles. The first-order chi connectivity index (χ1) is 9.70. The summed E-state index contributed by atoms with van der Waals surface area (Å²) in [6, 6.07) is 15.4. The van der Waals surface area contributed by atoms with E-state index in [0.717, 1.165) is 23.2 Å². The van der Waals surface area contributed by atoms with Crippen LogP contribution in [0.15, 0.2) is 48.5 Å². The van der Waals surface area contributed by atoms with Crippen LogP contribution < -0.4 is 4.90 Å².